The van der Waals surface area contributed by atoms with Gasteiger partial charge in [-0.3, -0.25) is 0 Å². The lowest BCUT2D eigenvalue weighted by atomic mass is 10.2. The summed E-state index contributed by atoms with van der Waals surface area (Å²) in [5, 5.41) is 0. The van der Waals surface area contributed by atoms with Crippen LogP contribution in [0, 0.1) is 0 Å². The maximum absolute atomic E-state index is 13.2. The first-order chi connectivity index (χ1) is 7.58. The van der Waals surface area contributed by atoms with Gasteiger partial charge in [0, 0.05) is 6.42 Å². The fourth-order valence-electron chi connectivity index (χ4n) is 1.27. The van der Waals surface area contributed by atoms with E-state index >= 15 is 0 Å². The van der Waals surface area contributed by atoms with Crippen LogP contribution in [0.3, 0.4) is 0 Å². The fourth-order valence-corrected chi connectivity index (χ4v) is 2.20. The lowest BCUT2D eigenvalue weighted by Crippen LogP contribution is -2.27. The summed E-state index contributed by atoms with van der Waals surface area (Å²) in [6, 6.07) is 0. The Morgan fingerprint density at radius 3 is 2.00 bits per heavy atom. The number of hydrogen-bond acceptors (Lipinski definition) is 1. The lowest BCUT2D eigenvalue weighted by Gasteiger charge is -2.23. The van der Waals surface area contributed by atoms with Gasteiger partial charge in [-0.25, -0.2) is 0 Å². The molecule has 0 heterocycles. The van der Waals surface area contributed by atoms with Crippen molar-refractivity contribution in [2.24, 2.45) is 0 Å². The normalized spacial score (nSPS) is 14.6. The molecule has 0 aliphatic heterocycles. The molecule has 17 heavy (non-hydrogen) atoms. The molecule has 102 valence electrons. The van der Waals surface area contributed by atoms with Gasteiger partial charge in [0.1, 0.15) is 5.76 Å². The van der Waals surface area contributed by atoms with Crippen molar-refractivity contribution >= 4 is 8.32 Å². The molecule has 0 aromatic carbocycles. The third kappa shape index (κ3) is 7.41. The molecule has 0 unspecified atom stereocenters. The molecule has 0 saturated carbocycles. The zero-order valence-corrected chi connectivity index (χ0v) is 11.7. The Kier molecular flexibility index (Phi) is 6.22. The predicted octanol–water partition coefficient (Wildman–Crippen LogP) is 5.16. The Bertz CT molecular complexity index is 266. The van der Waals surface area contributed by atoms with Crippen LogP contribution in [0.15, 0.2) is 11.6 Å². The van der Waals surface area contributed by atoms with Gasteiger partial charge >= 0.3 is 6.18 Å². The van der Waals surface area contributed by atoms with Crippen LogP contribution < -0.4 is 0 Å². The summed E-state index contributed by atoms with van der Waals surface area (Å²) in [4.78, 5) is 0. The van der Waals surface area contributed by atoms with E-state index in [0.29, 0.717) is 6.42 Å². The standard InChI is InChI=1S/C11H20F4OSi/c1-5-6-7-8-9(16-17(2,3)4)10(12)11(13,14)15/h5-8H2,1-4H3/b10-9+. The highest BCUT2D eigenvalue weighted by atomic mass is 28.4. The number of halogens is 4. The predicted molar refractivity (Wildman–Crippen MR) is 62.8 cm³/mol. The number of hydrogen-bond donors (Lipinski definition) is 0. The number of unbranched alkanes of at least 4 members (excludes halogenated alkanes) is 2. The molecule has 0 rings (SSSR count). The van der Waals surface area contributed by atoms with Crippen molar-refractivity contribution in [1.82, 2.24) is 0 Å². The summed E-state index contributed by atoms with van der Waals surface area (Å²) >= 11 is 0. The average Bonchev–Trinajstić information content (AvgIpc) is 2.12. The van der Waals surface area contributed by atoms with Crippen LogP contribution in [0.5, 0.6) is 0 Å². The van der Waals surface area contributed by atoms with Crippen LogP contribution >= 0.6 is 0 Å². The van der Waals surface area contributed by atoms with E-state index in [4.69, 9.17) is 4.43 Å². The van der Waals surface area contributed by atoms with Crippen molar-refractivity contribution in [3.8, 4) is 0 Å². The molecule has 0 spiro atoms. The van der Waals surface area contributed by atoms with E-state index in [9.17, 15) is 17.6 Å². The molecule has 0 radical (unpaired) electrons. The van der Waals surface area contributed by atoms with E-state index in [2.05, 4.69) is 0 Å². The van der Waals surface area contributed by atoms with Crippen molar-refractivity contribution < 1.29 is 22.0 Å². The zero-order valence-electron chi connectivity index (χ0n) is 10.7. The van der Waals surface area contributed by atoms with Gasteiger partial charge in [0.15, 0.2) is 0 Å². The van der Waals surface area contributed by atoms with Crippen LogP contribution in [0.1, 0.15) is 32.6 Å². The first-order valence-corrected chi connectivity index (χ1v) is 9.13. The second-order valence-electron chi connectivity index (χ2n) is 4.91. The highest BCUT2D eigenvalue weighted by molar-refractivity contribution is 6.70. The van der Waals surface area contributed by atoms with Crippen molar-refractivity contribution in [2.75, 3.05) is 0 Å². The molecule has 0 amide bonds. The second kappa shape index (κ2) is 6.42. The number of allylic oxidation sites excluding steroid dienone is 2. The van der Waals surface area contributed by atoms with Crippen molar-refractivity contribution in [3.05, 3.63) is 11.6 Å². The van der Waals surface area contributed by atoms with E-state index in [1.165, 1.54) is 0 Å². The SMILES string of the molecule is CCCCC/C(O[Si](C)(C)C)=C(\F)C(F)(F)F. The van der Waals surface area contributed by atoms with Crippen molar-refractivity contribution in [2.45, 2.75) is 58.4 Å². The number of rotatable bonds is 6. The first-order valence-electron chi connectivity index (χ1n) is 5.72. The fraction of sp³-hybridized carbons (Fsp3) is 0.818. The summed E-state index contributed by atoms with van der Waals surface area (Å²) in [5.41, 5.74) is 0. The van der Waals surface area contributed by atoms with E-state index in [-0.39, 0.29) is 6.42 Å². The Hall–Kier alpha value is -0.523. The Balaban J connectivity index is 4.84. The molecule has 0 fully saturated rings. The highest BCUT2D eigenvalue weighted by Crippen LogP contribution is 2.33. The van der Waals surface area contributed by atoms with Crippen molar-refractivity contribution in [3.63, 3.8) is 0 Å². The quantitative estimate of drug-likeness (QED) is 0.281. The van der Waals surface area contributed by atoms with Crippen LogP contribution in [0.4, 0.5) is 17.6 Å². The van der Waals surface area contributed by atoms with E-state index in [0.717, 1.165) is 12.8 Å². The van der Waals surface area contributed by atoms with Crippen molar-refractivity contribution in [1.29, 1.82) is 0 Å². The molecule has 0 atom stereocenters. The topological polar surface area (TPSA) is 9.23 Å². The molecule has 0 aromatic rings. The monoisotopic (exact) mass is 272 g/mol. The van der Waals surface area contributed by atoms with Gasteiger partial charge in [-0.2, -0.15) is 17.6 Å². The van der Waals surface area contributed by atoms with E-state index in [1.54, 1.807) is 19.6 Å². The summed E-state index contributed by atoms with van der Waals surface area (Å²) in [6.07, 6.45) is -2.78. The van der Waals surface area contributed by atoms with Gasteiger partial charge in [-0.05, 0) is 26.1 Å². The Labute approximate surface area is 101 Å². The highest BCUT2D eigenvalue weighted by Gasteiger charge is 2.39. The summed E-state index contributed by atoms with van der Waals surface area (Å²) < 4.78 is 55.2. The second-order valence-corrected chi connectivity index (χ2v) is 9.34. The molecule has 1 nitrogen and oxygen atoms in total. The minimum Gasteiger partial charge on any atom is -0.545 e. The Morgan fingerprint density at radius 1 is 1.12 bits per heavy atom. The summed E-state index contributed by atoms with van der Waals surface area (Å²) in [6.45, 7) is 7.13. The molecule has 0 saturated heterocycles. The molecule has 0 aliphatic rings. The third-order valence-electron chi connectivity index (χ3n) is 1.93. The maximum atomic E-state index is 13.2. The molecule has 0 bridgehead atoms. The Morgan fingerprint density at radius 2 is 1.65 bits per heavy atom. The van der Waals surface area contributed by atoms with Crippen LogP contribution in [-0.4, -0.2) is 14.5 Å². The zero-order chi connectivity index (χ0) is 13.7. The molecule has 6 heteroatoms. The van der Waals surface area contributed by atoms with Gasteiger partial charge < -0.3 is 4.43 Å². The molecular weight excluding hydrogens is 252 g/mol. The minimum absolute atomic E-state index is 0.0173. The smallest absolute Gasteiger partial charge is 0.446 e. The first kappa shape index (κ1) is 16.5. The third-order valence-corrected chi connectivity index (χ3v) is 2.79. The largest absolute Gasteiger partial charge is 0.545 e. The van der Waals surface area contributed by atoms with E-state index in [1.807, 2.05) is 6.92 Å². The van der Waals surface area contributed by atoms with Gasteiger partial charge in [0.2, 0.25) is 14.1 Å². The molecular formula is C11H20F4OSi. The van der Waals surface area contributed by atoms with Gasteiger partial charge in [-0.1, -0.05) is 19.8 Å². The lowest BCUT2D eigenvalue weighted by molar-refractivity contribution is -0.112. The van der Waals surface area contributed by atoms with Crippen LogP contribution in [-0.2, 0) is 4.43 Å². The molecule has 0 aromatic heterocycles. The van der Waals surface area contributed by atoms with Gasteiger partial charge in [0.25, 0.3) is 0 Å². The van der Waals surface area contributed by atoms with Crippen LogP contribution in [0.25, 0.3) is 0 Å². The summed E-state index contributed by atoms with van der Waals surface area (Å²) in [7, 11) is -2.22. The number of alkyl halides is 3. The van der Waals surface area contributed by atoms with Gasteiger partial charge in [-0.15, -0.1) is 0 Å². The van der Waals surface area contributed by atoms with Gasteiger partial charge in [0.05, 0.1) is 0 Å². The average molecular weight is 272 g/mol. The maximum Gasteiger partial charge on any atom is 0.446 e. The summed E-state index contributed by atoms with van der Waals surface area (Å²) in [5.74, 6) is -2.60. The molecule has 0 N–H and O–H groups in total. The van der Waals surface area contributed by atoms with Crippen LogP contribution in [0.2, 0.25) is 19.6 Å². The van der Waals surface area contributed by atoms with E-state index < -0.39 is 26.1 Å². The minimum atomic E-state index is -4.94. The molecule has 0 aliphatic carbocycles.